The van der Waals surface area contributed by atoms with Crippen LogP contribution in [0.5, 0.6) is 11.5 Å². The van der Waals surface area contributed by atoms with E-state index in [4.69, 9.17) is 15.2 Å². The van der Waals surface area contributed by atoms with Crippen molar-refractivity contribution in [2.75, 3.05) is 46.9 Å². The van der Waals surface area contributed by atoms with Crippen LogP contribution < -0.4 is 11.1 Å². The Hall–Kier alpha value is -2.20. The monoisotopic (exact) mass is 654 g/mol. The van der Waals surface area contributed by atoms with E-state index in [0.29, 0.717) is 30.2 Å². The van der Waals surface area contributed by atoms with Crippen LogP contribution in [0.25, 0.3) is 0 Å². The van der Waals surface area contributed by atoms with E-state index in [1.54, 1.807) is 0 Å². The number of piperidine rings is 2. The van der Waals surface area contributed by atoms with Crippen LogP contribution in [-0.4, -0.2) is 101 Å². The molecule has 8 heteroatoms. The van der Waals surface area contributed by atoms with Gasteiger partial charge in [-0.15, -0.1) is 0 Å². The summed E-state index contributed by atoms with van der Waals surface area (Å²) in [4.78, 5) is 5.27. The Balaban J connectivity index is 0.000000125. The molecule has 3 saturated carbocycles. The van der Waals surface area contributed by atoms with Gasteiger partial charge in [-0.2, -0.15) is 0 Å². The van der Waals surface area contributed by atoms with Crippen LogP contribution in [0.2, 0.25) is 0 Å². The lowest BCUT2D eigenvalue weighted by atomic mass is 9.45. The number of nitrogens with two attached hydrogens (primary N) is 1. The largest absolute Gasteiger partial charge is 0.508 e. The number of likely N-dealkylation sites (tertiary alicyclic amines) is 2. The van der Waals surface area contributed by atoms with Crippen LogP contribution >= 0.6 is 0 Å². The normalized spacial score (nSPS) is 44.9. The number of phenolic OH excluding ortho intramolecular Hbond substituents is 2. The summed E-state index contributed by atoms with van der Waals surface area (Å²) in [5.74, 6) is 1.70. The van der Waals surface area contributed by atoms with Gasteiger partial charge in [0.1, 0.15) is 11.5 Å². The maximum atomic E-state index is 10.3. The molecule has 258 valence electrons. The standard InChI is InChI=1S/C22H30N2O2.C18H24N2O2/c1-23-20-6-7-22(26-14-20)19-10-16-4-5-17(25)11-18(16)21(22,13-20)8-9-24(19)12-15-2-3-15;1-20-7-6-17-10-16(19)4-5-18(17,22-11-16)15(20)8-12-2-3-13(21)9-14(12)17/h4-5,11,15,19,23,25H,2-3,6-10,12-14H2,1H3;2-3,9,15,21H,4-8,10-11,19H2,1H3/t19-,20?,21-,22-;15-,16?,17-,18-/m11/s1. The topological polar surface area (TPSA) is 103 Å². The second-order valence-electron chi connectivity index (χ2n) is 17.8. The van der Waals surface area contributed by atoms with Crippen LogP contribution in [0.15, 0.2) is 36.4 Å². The lowest BCUT2D eigenvalue weighted by Gasteiger charge is -2.71. The Morgan fingerprint density at radius 1 is 0.792 bits per heavy atom. The Bertz CT molecular complexity index is 1640. The van der Waals surface area contributed by atoms with Gasteiger partial charge in [0.25, 0.3) is 0 Å². The van der Waals surface area contributed by atoms with Crippen molar-refractivity contribution in [3.05, 3.63) is 58.7 Å². The van der Waals surface area contributed by atoms with Crippen molar-refractivity contribution in [1.29, 1.82) is 0 Å². The molecule has 13 rings (SSSR count). The van der Waals surface area contributed by atoms with Crippen LogP contribution in [0, 0.1) is 5.92 Å². The van der Waals surface area contributed by atoms with Gasteiger partial charge >= 0.3 is 0 Å². The lowest BCUT2D eigenvalue weighted by molar-refractivity contribution is -0.262. The molecule has 6 saturated heterocycles. The molecule has 2 aromatic rings. The number of hydrogen-bond acceptors (Lipinski definition) is 8. The highest BCUT2D eigenvalue weighted by Gasteiger charge is 2.72. The Morgan fingerprint density at radius 2 is 1.42 bits per heavy atom. The van der Waals surface area contributed by atoms with E-state index in [1.165, 1.54) is 54.6 Å². The van der Waals surface area contributed by atoms with Crippen LogP contribution in [0.3, 0.4) is 0 Å². The molecule has 8 nitrogen and oxygen atoms in total. The third-order valence-corrected chi connectivity index (χ3v) is 15.6. The molecule has 5 N–H and O–H groups in total. The second kappa shape index (κ2) is 9.98. The van der Waals surface area contributed by atoms with Gasteiger partial charge in [-0.05, 0) is 157 Å². The van der Waals surface area contributed by atoms with Gasteiger partial charge in [-0.25, -0.2) is 0 Å². The minimum Gasteiger partial charge on any atom is -0.508 e. The van der Waals surface area contributed by atoms with Crippen molar-refractivity contribution in [2.45, 2.75) is 122 Å². The number of nitrogens with one attached hydrogen (secondary N) is 1. The first kappa shape index (κ1) is 30.6. The molecule has 2 unspecified atom stereocenters. The maximum Gasteiger partial charge on any atom is 0.115 e. The molecule has 0 amide bonds. The molecule has 8 atom stereocenters. The number of hydrogen-bond donors (Lipinski definition) is 4. The van der Waals surface area contributed by atoms with E-state index >= 15 is 0 Å². The second-order valence-corrected chi connectivity index (χ2v) is 17.8. The van der Waals surface area contributed by atoms with Crippen molar-refractivity contribution < 1.29 is 19.7 Å². The molecule has 6 heterocycles. The van der Waals surface area contributed by atoms with Gasteiger partial charge in [0.05, 0.1) is 24.4 Å². The van der Waals surface area contributed by atoms with E-state index < -0.39 is 0 Å². The summed E-state index contributed by atoms with van der Waals surface area (Å²) in [6, 6.07) is 13.0. The predicted molar refractivity (Wildman–Crippen MR) is 184 cm³/mol. The average Bonchev–Trinajstić information content (AvgIpc) is 3.92. The van der Waals surface area contributed by atoms with Crippen LogP contribution in [0.4, 0.5) is 0 Å². The highest BCUT2D eigenvalue weighted by molar-refractivity contribution is 5.51. The number of fused-ring (bicyclic) bond motifs is 6. The molecular formula is C40H54N4O4. The highest BCUT2D eigenvalue weighted by Crippen LogP contribution is 2.66. The summed E-state index contributed by atoms with van der Waals surface area (Å²) in [6.45, 7) is 5.05. The number of ether oxygens (including phenoxy) is 2. The third-order valence-electron chi connectivity index (χ3n) is 15.6. The fourth-order valence-corrected chi connectivity index (χ4v) is 13.1. The lowest BCUT2D eigenvalue weighted by Crippen LogP contribution is -2.81. The first-order chi connectivity index (χ1) is 23.1. The number of likely N-dealkylation sites (N-methyl/N-ethyl adjacent to an activating group) is 2. The summed E-state index contributed by atoms with van der Waals surface area (Å²) >= 11 is 0. The molecule has 48 heavy (non-hydrogen) atoms. The molecule has 11 aliphatic rings. The van der Waals surface area contributed by atoms with Crippen LogP contribution in [-0.2, 0) is 33.1 Å². The van der Waals surface area contributed by atoms with E-state index in [1.807, 2.05) is 18.2 Å². The van der Waals surface area contributed by atoms with Crippen molar-refractivity contribution in [1.82, 2.24) is 15.1 Å². The minimum absolute atomic E-state index is 0.0122. The van der Waals surface area contributed by atoms with Crippen molar-refractivity contribution in [3.8, 4) is 11.5 Å². The minimum atomic E-state index is -0.192. The number of aromatic hydroxyl groups is 2. The zero-order valence-electron chi connectivity index (χ0n) is 28.9. The van der Waals surface area contributed by atoms with E-state index in [9.17, 15) is 10.2 Å². The van der Waals surface area contributed by atoms with Crippen molar-refractivity contribution in [3.63, 3.8) is 0 Å². The summed E-state index contributed by atoms with van der Waals surface area (Å²) in [5.41, 5.74) is 12.0. The molecule has 5 aliphatic carbocycles. The summed E-state index contributed by atoms with van der Waals surface area (Å²) in [7, 11) is 4.33. The summed E-state index contributed by atoms with van der Waals surface area (Å²) in [5, 5.41) is 24.0. The Labute approximate surface area is 285 Å². The zero-order valence-corrected chi connectivity index (χ0v) is 28.9. The third kappa shape index (κ3) is 3.88. The highest BCUT2D eigenvalue weighted by atomic mass is 16.5. The molecule has 2 aromatic carbocycles. The van der Waals surface area contributed by atoms with Gasteiger partial charge in [-0.1, -0.05) is 12.1 Å². The predicted octanol–water partition coefficient (Wildman–Crippen LogP) is 4.12. The Kier molecular flexibility index (Phi) is 6.36. The van der Waals surface area contributed by atoms with E-state index in [0.717, 1.165) is 76.9 Å². The molecule has 2 spiro atoms. The summed E-state index contributed by atoms with van der Waals surface area (Å²) in [6.07, 6.45) is 13.8. The van der Waals surface area contributed by atoms with Crippen molar-refractivity contribution >= 4 is 0 Å². The van der Waals surface area contributed by atoms with Gasteiger partial charge in [0.15, 0.2) is 0 Å². The van der Waals surface area contributed by atoms with Gasteiger partial charge in [-0.3, -0.25) is 4.90 Å². The number of rotatable bonds is 3. The van der Waals surface area contributed by atoms with E-state index in [-0.39, 0.29) is 33.1 Å². The smallest absolute Gasteiger partial charge is 0.115 e. The molecule has 0 aromatic heterocycles. The van der Waals surface area contributed by atoms with Crippen molar-refractivity contribution in [2.24, 2.45) is 11.7 Å². The number of benzene rings is 2. The molecule has 6 aliphatic heterocycles. The SMILES string of the molecule is CN1CC[C@]23CC4(N)CC[C@@]2(OC4)[C@H]1Cc1ccc(O)cc13.CNC12CC[C@@]3(OC1)[C@H]1Cc4ccc(O)cc4[C@@]3(CCN1CC1CC1)C2. The molecular weight excluding hydrogens is 600 g/mol. The van der Waals surface area contributed by atoms with E-state index in [2.05, 4.69) is 47.4 Å². The van der Waals surface area contributed by atoms with Gasteiger partial charge in [0.2, 0.25) is 0 Å². The fraction of sp³-hybridized carbons (Fsp3) is 0.700. The van der Waals surface area contributed by atoms with Crippen LogP contribution in [0.1, 0.15) is 86.5 Å². The first-order valence-electron chi connectivity index (χ1n) is 18.9. The number of phenols is 2. The summed E-state index contributed by atoms with van der Waals surface area (Å²) < 4.78 is 13.4. The number of nitrogens with zero attached hydrogens (tertiary/aromatic N) is 2. The molecule has 8 bridgehead atoms. The quantitative estimate of drug-likeness (QED) is 0.392. The van der Waals surface area contributed by atoms with Gasteiger partial charge < -0.3 is 35.6 Å². The van der Waals surface area contributed by atoms with Gasteiger partial charge in [0, 0.05) is 40.5 Å². The maximum absolute atomic E-state index is 10.3. The molecule has 0 radical (unpaired) electrons. The Morgan fingerprint density at radius 3 is 2.04 bits per heavy atom. The average molecular weight is 655 g/mol. The zero-order chi connectivity index (χ0) is 32.7. The molecule has 9 fully saturated rings. The fourth-order valence-electron chi connectivity index (χ4n) is 13.1. The first-order valence-corrected chi connectivity index (χ1v) is 18.9.